The minimum absolute atomic E-state index is 0.395. The Balaban J connectivity index is 2.29. The van der Waals surface area contributed by atoms with E-state index in [1.165, 1.54) is 4.31 Å². The van der Waals surface area contributed by atoms with Crippen molar-refractivity contribution >= 4 is 10.0 Å². The normalized spacial score (nSPS) is 16.5. The fraction of sp³-hybridized carbons (Fsp3) is 0.467. The lowest BCUT2D eigenvalue weighted by Gasteiger charge is -2.23. The summed E-state index contributed by atoms with van der Waals surface area (Å²) in [7, 11) is -3.37. The fourth-order valence-corrected chi connectivity index (χ4v) is 3.70. The summed E-state index contributed by atoms with van der Waals surface area (Å²) in [4.78, 5) is 0.395. The maximum absolute atomic E-state index is 12.6. The van der Waals surface area contributed by atoms with Crippen LogP contribution in [0.15, 0.2) is 35.2 Å². The highest BCUT2D eigenvalue weighted by molar-refractivity contribution is 7.89. The summed E-state index contributed by atoms with van der Waals surface area (Å²) in [5, 5.41) is 3.24. The molecule has 0 bridgehead atoms. The molecule has 0 fully saturated rings. The van der Waals surface area contributed by atoms with E-state index in [0.29, 0.717) is 24.5 Å². The zero-order valence-corrected chi connectivity index (χ0v) is 12.9. The van der Waals surface area contributed by atoms with Crippen molar-refractivity contribution in [3.8, 4) is 0 Å². The average Bonchev–Trinajstić information content (AvgIpc) is 2.47. The van der Waals surface area contributed by atoms with Crippen molar-refractivity contribution < 1.29 is 8.42 Å². The number of hydrogen-bond acceptors (Lipinski definition) is 3. The number of sulfonamides is 1. The standard InChI is InChI=1S/C15H22N2O2S/c1-3-16-12-14-11-15(8-7-13(14)2)20(18,19)17-9-5-4-6-10-17/h4-5,7-8,11,16H,3,6,9-10,12H2,1-2H3. The quantitative estimate of drug-likeness (QED) is 0.846. The van der Waals surface area contributed by atoms with Gasteiger partial charge in [0.1, 0.15) is 0 Å². The number of rotatable bonds is 5. The van der Waals surface area contributed by atoms with Crippen molar-refractivity contribution in [1.29, 1.82) is 0 Å². The fourth-order valence-electron chi connectivity index (χ4n) is 2.25. The Kier molecular flexibility index (Phi) is 4.96. The van der Waals surface area contributed by atoms with Gasteiger partial charge in [-0.1, -0.05) is 25.1 Å². The van der Waals surface area contributed by atoms with Gasteiger partial charge in [0.15, 0.2) is 0 Å². The molecule has 2 rings (SSSR count). The molecule has 20 heavy (non-hydrogen) atoms. The zero-order chi connectivity index (χ0) is 14.6. The van der Waals surface area contributed by atoms with Crippen LogP contribution in [0.1, 0.15) is 24.5 Å². The molecule has 1 aromatic carbocycles. The summed E-state index contributed by atoms with van der Waals surface area (Å²) in [6, 6.07) is 5.39. The summed E-state index contributed by atoms with van der Waals surface area (Å²) in [6.45, 7) is 6.65. The van der Waals surface area contributed by atoms with E-state index in [0.717, 1.165) is 24.1 Å². The maximum atomic E-state index is 12.6. The first-order chi connectivity index (χ1) is 9.55. The molecule has 1 aliphatic heterocycles. The van der Waals surface area contributed by atoms with Crippen LogP contribution in [0.4, 0.5) is 0 Å². The molecule has 0 unspecified atom stereocenters. The van der Waals surface area contributed by atoms with Crippen LogP contribution in [0.25, 0.3) is 0 Å². The van der Waals surface area contributed by atoms with Gasteiger partial charge in [-0.05, 0) is 43.1 Å². The molecule has 0 saturated carbocycles. The minimum atomic E-state index is -3.37. The monoisotopic (exact) mass is 294 g/mol. The summed E-state index contributed by atoms with van der Waals surface area (Å²) in [5.74, 6) is 0. The molecule has 110 valence electrons. The summed E-state index contributed by atoms with van der Waals surface area (Å²) >= 11 is 0. The van der Waals surface area contributed by atoms with Crippen LogP contribution in [-0.4, -0.2) is 32.4 Å². The molecule has 0 spiro atoms. The molecule has 1 N–H and O–H groups in total. The van der Waals surface area contributed by atoms with Gasteiger partial charge in [0, 0.05) is 19.6 Å². The van der Waals surface area contributed by atoms with Crippen molar-refractivity contribution in [2.45, 2.75) is 31.7 Å². The van der Waals surface area contributed by atoms with E-state index >= 15 is 0 Å². The van der Waals surface area contributed by atoms with Gasteiger partial charge in [0.2, 0.25) is 10.0 Å². The lowest BCUT2D eigenvalue weighted by atomic mass is 10.1. The highest BCUT2D eigenvalue weighted by Gasteiger charge is 2.24. The minimum Gasteiger partial charge on any atom is -0.313 e. The Bertz CT molecular complexity index is 594. The van der Waals surface area contributed by atoms with Crippen LogP contribution >= 0.6 is 0 Å². The van der Waals surface area contributed by atoms with Gasteiger partial charge in [0.25, 0.3) is 0 Å². The molecule has 0 amide bonds. The van der Waals surface area contributed by atoms with Gasteiger partial charge in [-0.2, -0.15) is 4.31 Å². The first-order valence-corrected chi connectivity index (χ1v) is 8.45. The first kappa shape index (κ1) is 15.2. The number of aryl methyl sites for hydroxylation is 1. The van der Waals surface area contributed by atoms with E-state index in [-0.39, 0.29) is 0 Å². The summed E-state index contributed by atoms with van der Waals surface area (Å²) in [5.41, 5.74) is 2.16. The third kappa shape index (κ3) is 3.29. The van der Waals surface area contributed by atoms with Crippen LogP contribution in [0.5, 0.6) is 0 Å². The number of nitrogens with zero attached hydrogens (tertiary/aromatic N) is 1. The van der Waals surface area contributed by atoms with Crippen molar-refractivity contribution in [2.24, 2.45) is 0 Å². The lowest BCUT2D eigenvalue weighted by Crippen LogP contribution is -2.33. The van der Waals surface area contributed by atoms with Gasteiger partial charge < -0.3 is 5.32 Å². The Morgan fingerprint density at radius 3 is 2.75 bits per heavy atom. The SMILES string of the molecule is CCNCc1cc(S(=O)(=O)N2CC=CCC2)ccc1C. The molecule has 0 saturated heterocycles. The lowest BCUT2D eigenvalue weighted by molar-refractivity contribution is 0.437. The van der Waals surface area contributed by atoms with E-state index in [1.54, 1.807) is 12.1 Å². The third-order valence-corrected chi connectivity index (χ3v) is 5.41. The van der Waals surface area contributed by atoms with Crippen LogP contribution in [0.2, 0.25) is 0 Å². The molecule has 0 aliphatic carbocycles. The smallest absolute Gasteiger partial charge is 0.243 e. The van der Waals surface area contributed by atoms with E-state index in [4.69, 9.17) is 0 Å². The molecule has 0 aromatic heterocycles. The third-order valence-electron chi connectivity index (χ3n) is 3.54. The maximum Gasteiger partial charge on any atom is 0.243 e. The second-order valence-corrected chi connectivity index (χ2v) is 6.93. The average molecular weight is 294 g/mol. The van der Waals surface area contributed by atoms with Gasteiger partial charge in [0.05, 0.1) is 4.90 Å². The van der Waals surface area contributed by atoms with Crippen molar-refractivity contribution in [2.75, 3.05) is 19.6 Å². The number of nitrogens with one attached hydrogen (secondary N) is 1. The van der Waals surface area contributed by atoms with Gasteiger partial charge >= 0.3 is 0 Å². The number of hydrogen-bond donors (Lipinski definition) is 1. The van der Waals surface area contributed by atoms with Crippen molar-refractivity contribution in [3.05, 3.63) is 41.5 Å². The van der Waals surface area contributed by atoms with E-state index < -0.39 is 10.0 Å². The number of benzene rings is 1. The van der Waals surface area contributed by atoms with E-state index in [9.17, 15) is 8.42 Å². The molecule has 5 heteroatoms. The second kappa shape index (κ2) is 6.52. The Morgan fingerprint density at radius 2 is 2.10 bits per heavy atom. The molecule has 1 heterocycles. The van der Waals surface area contributed by atoms with Crippen LogP contribution in [0.3, 0.4) is 0 Å². The summed E-state index contributed by atoms with van der Waals surface area (Å²) in [6.07, 6.45) is 4.72. The predicted octanol–water partition coefficient (Wildman–Crippen LogP) is 2.06. The van der Waals surface area contributed by atoms with Gasteiger partial charge in [-0.15, -0.1) is 0 Å². The topological polar surface area (TPSA) is 49.4 Å². The molecule has 0 radical (unpaired) electrons. The van der Waals surface area contributed by atoms with Crippen LogP contribution in [0, 0.1) is 6.92 Å². The van der Waals surface area contributed by atoms with E-state index in [1.807, 2.05) is 32.1 Å². The molecule has 0 atom stereocenters. The Morgan fingerprint density at radius 1 is 1.30 bits per heavy atom. The van der Waals surface area contributed by atoms with E-state index in [2.05, 4.69) is 5.32 Å². The zero-order valence-electron chi connectivity index (χ0n) is 12.1. The van der Waals surface area contributed by atoms with Crippen molar-refractivity contribution in [3.63, 3.8) is 0 Å². The highest BCUT2D eigenvalue weighted by atomic mass is 32.2. The van der Waals surface area contributed by atoms with Crippen LogP contribution < -0.4 is 5.32 Å². The van der Waals surface area contributed by atoms with Gasteiger partial charge in [-0.3, -0.25) is 0 Å². The Labute approximate surface area is 121 Å². The first-order valence-electron chi connectivity index (χ1n) is 7.01. The van der Waals surface area contributed by atoms with Crippen molar-refractivity contribution in [1.82, 2.24) is 9.62 Å². The molecular weight excluding hydrogens is 272 g/mol. The highest BCUT2D eigenvalue weighted by Crippen LogP contribution is 2.21. The van der Waals surface area contributed by atoms with Crippen LogP contribution in [-0.2, 0) is 16.6 Å². The van der Waals surface area contributed by atoms with Gasteiger partial charge in [-0.25, -0.2) is 8.42 Å². The molecular formula is C15H22N2O2S. The largest absolute Gasteiger partial charge is 0.313 e. The summed E-state index contributed by atoms with van der Waals surface area (Å²) < 4.78 is 26.7. The Hall–Kier alpha value is -1.17. The predicted molar refractivity (Wildman–Crippen MR) is 81.1 cm³/mol. The molecule has 1 aliphatic rings. The molecule has 4 nitrogen and oxygen atoms in total. The second-order valence-electron chi connectivity index (χ2n) is 4.99. The molecule has 1 aromatic rings.